The molecule has 0 aliphatic heterocycles. The van der Waals surface area contributed by atoms with Crippen LogP contribution in [0.25, 0.3) is 10.9 Å². The lowest BCUT2D eigenvalue weighted by molar-refractivity contribution is 0.527. The van der Waals surface area contributed by atoms with E-state index in [1.807, 2.05) is 36.0 Å². The van der Waals surface area contributed by atoms with Gasteiger partial charge in [0.1, 0.15) is 0 Å². The van der Waals surface area contributed by atoms with Gasteiger partial charge in [0.2, 0.25) is 0 Å². The number of aryl methyl sites for hydroxylation is 3. The largest absolute Gasteiger partial charge is 0.346 e. The van der Waals surface area contributed by atoms with E-state index in [1.54, 1.807) is 0 Å². The third-order valence-corrected chi connectivity index (χ3v) is 3.19. The van der Waals surface area contributed by atoms with E-state index in [9.17, 15) is 0 Å². The fraction of sp³-hybridized carbons (Fsp3) is 0.231. The molecule has 0 bridgehead atoms. The van der Waals surface area contributed by atoms with Crippen LogP contribution < -0.4 is 0 Å². The minimum Gasteiger partial charge on any atom is -0.346 e. The molecule has 0 N–H and O–H groups in total. The highest BCUT2D eigenvalue weighted by Crippen LogP contribution is 2.20. The highest BCUT2D eigenvalue weighted by atomic mass is 35.5. The van der Waals surface area contributed by atoms with Gasteiger partial charge in [-0.3, -0.25) is 4.68 Å². The molecule has 0 aliphatic rings. The number of hydrogen-bond acceptors (Lipinski definition) is 2. The van der Waals surface area contributed by atoms with Crippen molar-refractivity contribution >= 4 is 22.5 Å². The summed E-state index contributed by atoms with van der Waals surface area (Å²) in [5, 5.41) is 9.95. The fourth-order valence-electron chi connectivity index (χ4n) is 2.08. The Morgan fingerprint density at radius 1 is 1.22 bits per heavy atom. The Balaban J connectivity index is 1.82. The van der Waals surface area contributed by atoms with Crippen molar-refractivity contribution in [2.45, 2.75) is 20.0 Å². The fourth-order valence-corrected chi connectivity index (χ4v) is 2.26. The van der Waals surface area contributed by atoms with Gasteiger partial charge in [-0.05, 0) is 31.2 Å². The van der Waals surface area contributed by atoms with Crippen LogP contribution in [0.2, 0.25) is 5.02 Å². The standard InChI is InChI=1S/C13H13ClN4/c1-10-9-18(16-15-10)7-6-17-5-4-11-8-12(14)2-3-13(11)17/h2-5,8-9H,6-7H2,1H3. The first-order valence-corrected chi connectivity index (χ1v) is 6.21. The van der Waals surface area contributed by atoms with Crippen LogP contribution in [-0.4, -0.2) is 19.6 Å². The number of nitrogens with zero attached hydrogens (tertiary/aromatic N) is 4. The predicted molar refractivity (Wildman–Crippen MR) is 71.7 cm³/mol. The summed E-state index contributed by atoms with van der Waals surface area (Å²) in [5.74, 6) is 0. The van der Waals surface area contributed by atoms with E-state index in [0.29, 0.717) is 0 Å². The first-order valence-electron chi connectivity index (χ1n) is 5.83. The molecule has 0 atom stereocenters. The van der Waals surface area contributed by atoms with Crippen LogP contribution in [0.15, 0.2) is 36.7 Å². The summed E-state index contributed by atoms with van der Waals surface area (Å²) in [6.07, 6.45) is 4.02. The van der Waals surface area contributed by atoms with Gasteiger partial charge < -0.3 is 4.57 Å². The van der Waals surface area contributed by atoms with Gasteiger partial charge in [-0.15, -0.1) is 5.10 Å². The maximum atomic E-state index is 5.97. The third-order valence-electron chi connectivity index (χ3n) is 2.96. The molecule has 18 heavy (non-hydrogen) atoms. The van der Waals surface area contributed by atoms with Crippen molar-refractivity contribution in [3.05, 3.63) is 47.4 Å². The highest BCUT2D eigenvalue weighted by Gasteiger charge is 2.02. The van der Waals surface area contributed by atoms with Crippen LogP contribution in [-0.2, 0) is 13.1 Å². The molecule has 0 fully saturated rings. The molecule has 3 aromatic rings. The second-order valence-corrected chi connectivity index (χ2v) is 4.77. The van der Waals surface area contributed by atoms with Gasteiger partial charge in [0.05, 0.1) is 12.2 Å². The van der Waals surface area contributed by atoms with E-state index in [1.165, 1.54) is 5.52 Å². The molecule has 5 heteroatoms. The normalized spacial score (nSPS) is 11.2. The van der Waals surface area contributed by atoms with E-state index >= 15 is 0 Å². The van der Waals surface area contributed by atoms with Crippen LogP contribution >= 0.6 is 11.6 Å². The zero-order valence-corrected chi connectivity index (χ0v) is 10.8. The van der Waals surface area contributed by atoms with Gasteiger partial charge in [0.25, 0.3) is 0 Å². The number of aromatic nitrogens is 4. The molecule has 92 valence electrons. The van der Waals surface area contributed by atoms with Crippen LogP contribution in [0, 0.1) is 6.92 Å². The summed E-state index contributed by atoms with van der Waals surface area (Å²) in [7, 11) is 0. The van der Waals surface area contributed by atoms with Crippen molar-refractivity contribution in [1.29, 1.82) is 0 Å². The Kier molecular flexibility index (Phi) is 2.80. The average molecular weight is 261 g/mol. The molecule has 0 spiro atoms. The zero-order chi connectivity index (χ0) is 12.5. The lowest BCUT2D eigenvalue weighted by Gasteiger charge is -2.05. The molecule has 0 saturated heterocycles. The van der Waals surface area contributed by atoms with Gasteiger partial charge in [-0.1, -0.05) is 16.8 Å². The molecule has 2 heterocycles. The monoisotopic (exact) mass is 260 g/mol. The average Bonchev–Trinajstić information content (AvgIpc) is 2.92. The zero-order valence-electron chi connectivity index (χ0n) is 10.0. The van der Waals surface area contributed by atoms with Crippen LogP contribution in [0.3, 0.4) is 0 Å². The smallest absolute Gasteiger partial charge is 0.0796 e. The molecular formula is C13H13ClN4. The van der Waals surface area contributed by atoms with Crippen LogP contribution in [0.1, 0.15) is 5.69 Å². The number of fused-ring (bicyclic) bond motifs is 1. The molecule has 0 aliphatic carbocycles. The van der Waals surface area contributed by atoms with Crippen molar-refractivity contribution in [2.24, 2.45) is 0 Å². The molecule has 4 nitrogen and oxygen atoms in total. The topological polar surface area (TPSA) is 35.6 Å². The predicted octanol–water partition coefficient (Wildman–Crippen LogP) is 2.89. The van der Waals surface area contributed by atoms with Crippen molar-refractivity contribution < 1.29 is 0 Å². The first-order chi connectivity index (χ1) is 8.72. The van der Waals surface area contributed by atoms with Gasteiger partial charge >= 0.3 is 0 Å². The van der Waals surface area contributed by atoms with E-state index in [-0.39, 0.29) is 0 Å². The van der Waals surface area contributed by atoms with Crippen LogP contribution in [0.5, 0.6) is 0 Å². The lowest BCUT2D eigenvalue weighted by atomic mass is 10.2. The Morgan fingerprint density at radius 3 is 2.89 bits per heavy atom. The maximum absolute atomic E-state index is 5.97. The van der Waals surface area contributed by atoms with Crippen molar-refractivity contribution in [3.8, 4) is 0 Å². The molecule has 3 rings (SSSR count). The molecule has 0 amide bonds. The Morgan fingerprint density at radius 2 is 2.11 bits per heavy atom. The molecule has 0 radical (unpaired) electrons. The maximum Gasteiger partial charge on any atom is 0.0796 e. The second kappa shape index (κ2) is 4.46. The Bertz CT molecular complexity index is 683. The van der Waals surface area contributed by atoms with E-state index in [0.717, 1.165) is 29.2 Å². The van der Waals surface area contributed by atoms with E-state index < -0.39 is 0 Å². The summed E-state index contributed by atoms with van der Waals surface area (Å²) >= 11 is 5.97. The number of halogens is 1. The molecule has 0 unspecified atom stereocenters. The number of rotatable bonds is 3. The van der Waals surface area contributed by atoms with E-state index in [4.69, 9.17) is 11.6 Å². The molecular weight excluding hydrogens is 248 g/mol. The number of hydrogen-bond donors (Lipinski definition) is 0. The summed E-state index contributed by atoms with van der Waals surface area (Å²) in [5.41, 5.74) is 2.13. The first kappa shape index (κ1) is 11.3. The van der Waals surface area contributed by atoms with Gasteiger partial charge in [0.15, 0.2) is 0 Å². The quantitative estimate of drug-likeness (QED) is 0.726. The minimum absolute atomic E-state index is 0.771. The van der Waals surface area contributed by atoms with Crippen molar-refractivity contribution in [2.75, 3.05) is 0 Å². The summed E-state index contributed by atoms with van der Waals surface area (Å²) in [6.45, 7) is 3.62. The SMILES string of the molecule is Cc1cn(CCn2ccc3cc(Cl)ccc32)nn1. The Labute approximate surface area is 110 Å². The minimum atomic E-state index is 0.771. The molecule has 2 aromatic heterocycles. The van der Waals surface area contributed by atoms with E-state index in [2.05, 4.69) is 27.1 Å². The Hall–Kier alpha value is -1.81. The summed E-state index contributed by atoms with van der Waals surface area (Å²) < 4.78 is 4.06. The second-order valence-electron chi connectivity index (χ2n) is 4.34. The van der Waals surface area contributed by atoms with Crippen molar-refractivity contribution in [3.63, 3.8) is 0 Å². The van der Waals surface area contributed by atoms with Gasteiger partial charge in [0, 0.05) is 34.9 Å². The third kappa shape index (κ3) is 2.11. The summed E-state index contributed by atoms with van der Waals surface area (Å²) in [4.78, 5) is 0. The van der Waals surface area contributed by atoms with Crippen LogP contribution in [0.4, 0.5) is 0 Å². The summed E-state index contributed by atoms with van der Waals surface area (Å²) in [6, 6.07) is 8.02. The number of benzene rings is 1. The van der Waals surface area contributed by atoms with Gasteiger partial charge in [-0.25, -0.2) is 0 Å². The highest BCUT2D eigenvalue weighted by molar-refractivity contribution is 6.31. The molecule has 0 saturated carbocycles. The van der Waals surface area contributed by atoms with Crippen molar-refractivity contribution in [1.82, 2.24) is 19.6 Å². The molecule has 1 aromatic carbocycles. The van der Waals surface area contributed by atoms with Gasteiger partial charge in [-0.2, -0.15) is 0 Å². The lowest BCUT2D eigenvalue weighted by Crippen LogP contribution is -2.07.